The van der Waals surface area contributed by atoms with Crippen LogP contribution in [-0.4, -0.2) is 50.5 Å². The standard InChI is InChI=1S/C13H26N2O3/c1-18-8-4-7-15-13(17)10-14-9-11-5-2-3-6-12(11)16/h11-12,14,16H,2-10H2,1H3,(H,15,17). The summed E-state index contributed by atoms with van der Waals surface area (Å²) in [5.41, 5.74) is 0. The zero-order valence-electron chi connectivity index (χ0n) is 11.3. The van der Waals surface area contributed by atoms with Gasteiger partial charge in [0.15, 0.2) is 0 Å². The topological polar surface area (TPSA) is 70.6 Å². The van der Waals surface area contributed by atoms with Gasteiger partial charge in [0.05, 0.1) is 12.6 Å². The van der Waals surface area contributed by atoms with Crippen molar-refractivity contribution in [2.45, 2.75) is 38.2 Å². The van der Waals surface area contributed by atoms with E-state index in [-0.39, 0.29) is 12.0 Å². The van der Waals surface area contributed by atoms with E-state index in [0.29, 0.717) is 25.6 Å². The van der Waals surface area contributed by atoms with Gasteiger partial charge in [-0.2, -0.15) is 0 Å². The fraction of sp³-hybridized carbons (Fsp3) is 0.923. The Bertz CT molecular complexity index is 236. The lowest BCUT2D eigenvalue weighted by atomic mass is 9.86. The highest BCUT2D eigenvalue weighted by Crippen LogP contribution is 2.23. The normalized spacial score (nSPS) is 23.9. The smallest absolute Gasteiger partial charge is 0.233 e. The Morgan fingerprint density at radius 3 is 2.89 bits per heavy atom. The minimum atomic E-state index is -0.198. The fourth-order valence-corrected chi connectivity index (χ4v) is 2.30. The number of rotatable bonds is 8. The van der Waals surface area contributed by atoms with Crippen LogP contribution in [0.4, 0.5) is 0 Å². The van der Waals surface area contributed by atoms with Crippen LogP contribution >= 0.6 is 0 Å². The summed E-state index contributed by atoms with van der Waals surface area (Å²) >= 11 is 0. The Hall–Kier alpha value is -0.650. The van der Waals surface area contributed by atoms with Crippen LogP contribution in [0, 0.1) is 5.92 Å². The molecule has 0 spiro atoms. The number of aliphatic hydroxyl groups is 1. The van der Waals surface area contributed by atoms with Crippen LogP contribution in [0.25, 0.3) is 0 Å². The summed E-state index contributed by atoms with van der Waals surface area (Å²) in [7, 11) is 1.65. The maximum Gasteiger partial charge on any atom is 0.233 e. The molecule has 1 fully saturated rings. The molecule has 1 aliphatic rings. The molecule has 0 bridgehead atoms. The summed E-state index contributed by atoms with van der Waals surface area (Å²) in [5, 5.41) is 15.7. The molecule has 0 aliphatic heterocycles. The van der Waals surface area contributed by atoms with Gasteiger partial charge in [-0.1, -0.05) is 12.8 Å². The second-order valence-corrected chi connectivity index (χ2v) is 4.94. The highest BCUT2D eigenvalue weighted by atomic mass is 16.5. The molecule has 2 atom stereocenters. The lowest BCUT2D eigenvalue weighted by Crippen LogP contribution is -2.39. The van der Waals surface area contributed by atoms with Crippen LogP contribution in [0.2, 0.25) is 0 Å². The van der Waals surface area contributed by atoms with Crippen molar-refractivity contribution < 1.29 is 14.6 Å². The molecular weight excluding hydrogens is 232 g/mol. The largest absolute Gasteiger partial charge is 0.393 e. The molecule has 1 rings (SSSR count). The third kappa shape index (κ3) is 6.33. The average molecular weight is 258 g/mol. The van der Waals surface area contributed by atoms with Crippen molar-refractivity contribution in [2.75, 3.05) is 33.4 Å². The lowest BCUT2D eigenvalue weighted by Gasteiger charge is -2.27. The maximum atomic E-state index is 11.5. The Morgan fingerprint density at radius 2 is 2.17 bits per heavy atom. The van der Waals surface area contributed by atoms with E-state index in [1.54, 1.807) is 7.11 Å². The Balaban J connectivity index is 2.00. The van der Waals surface area contributed by atoms with E-state index in [0.717, 1.165) is 32.2 Å². The van der Waals surface area contributed by atoms with Gasteiger partial charge in [0, 0.05) is 26.8 Å². The molecule has 0 saturated heterocycles. The zero-order chi connectivity index (χ0) is 13.2. The monoisotopic (exact) mass is 258 g/mol. The highest BCUT2D eigenvalue weighted by Gasteiger charge is 2.22. The summed E-state index contributed by atoms with van der Waals surface area (Å²) in [6.07, 6.45) is 4.91. The fourth-order valence-electron chi connectivity index (χ4n) is 2.30. The Morgan fingerprint density at radius 1 is 1.39 bits per heavy atom. The molecule has 2 unspecified atom stereocenters. The Kier molecular flexibility index (Phi) is 7.96. The molecule has 106 valence electrons. The highest BCUT2D eigenvalue weighted by molar-refractivity contribution is 5.77. The molecule has 5 nitrogen and oxygen atoms in total. The van der Waals surface area contributed by atoms with Gasteiger partial charge in [-0.3, -0.25) is 4.79 Å². The molecule has 1 saturated carbocycles. The number of nitrogens with one attached hydrogen (secondary N) is 2. The van der Waals surface area contributed by atoms with Crippen molar-refractivity contribution >= 4 is 5.91 Å². The van der Waals surface area contributed by atoms with Gasteiger partial charge in [-0.15, -0.1) is 0 Å². The predicted molar refractivity (Wildman–Crippen MR) is 70.3 cm³/mol. The molecule has 3 N–H and O–H groups in total. The van der Waals surface area contributed by atoms with Crippen LogP contribution < -0.4 is 10.6 Å². The molecule has 0 heterocycles. The molecule has 1 amide bonds. The van der Waals surface area contributed by atoms with Gasteiger partial charge < -0.3 is 20.5 Å². The number of ether oxygens (including phenoxy) is 1. The Labute approximate surface area is 109 Å². The van der Waals surface area contributed by atoms with E-state index in [4.69, 9.17) is 4.74 Å². The van der Waals surface area contributed by atoms with Crippen LogP contribution in [0.1, 0.15) is 32.1 Å². The van der Waals surface area contributed by atoms with Crippen molar-refractivity contribution in [3.05, 3.63) is 0 Å². The van der Waals surface area contributed by atoms with E-state index in [9.17, 15) is 9.90 Å². The van der Waals surface area contributed by atoms with Crippen LogP contribution in [0.15, 0.2) is 0 Å². The molecule has 18 heavy (non-hydrogen) atoms. The zero-order valence-corrected chi connectivity index (χ0v) is 11.3. The first-order valence-corrected chi connectivity index (χ1v) is 6.88. The number of methoxy groups -OCH3 is 1. The number of carbonyl (C=O) groups excluding carboxylic acids is 1. The van der Waals surface area contributed by atoms with Gasteiger partial charge in [0.25, 0.3) is 0 Å². The van der Waals surface area contributed by atoms with Gasteiger partial charge in [-0.25, -0.2) is 0 Å². The molecular formula is C13H26N2O3. The predicted octanol–water partition coefficient (Wildman–Crippen LogP) is 0.280. The third-order valence-corrected chi connectivity index (χ3v) is 3.41. The van der Waals surface area contributed by atoms with Crippen molar-refractivity contribution in [1.82, 2.24) is 10.6 Å². The first kappa shape index (κ1) is 15.4. The maximum absolute atomic E-state index is 11.5. The van der Waals surface area contributed by atoms with E-state index in [2.05, 4.69) is 10.6 Å². The van der Waals surface area contributed by atoms with Crippen molar-refractivity contribution in [3.8, 4) is 0 Å². The van der Waals surface area contributed by atoms with Crippen LogP contribution in [0.5, 0.6) is 0 Å². The van der Waals surface area contributed by atoms with Crippen LogP contribution in [0.3, 0.4) is 0 Å². The minimum Gasteiger partial charge on any atom is -0.393 e. The number of carbonyl (C=O) groups is 1. The second-order valence-electron chi connectivity index (χ2n) is 4.94. The summed E-state index contributed by atoms with van der Waals surface area (Å²) in [6.45, 7) is 2.38. The summed E-state index contributed by atoms with van der Waals surface area (Å²) < 4.78 is 4.90. The second kappa shape index (κ2) is 9.30. The van der Waals surface area contributed by atoms with E-state index in [1.807, 2.05) is 0 Å². The minimum absolute atomic E-state index is 0.0106. The van der Waals surface area contributed by atoms with Crippen molar-refractivity contribution in [1.29, 1.82) is 0 Å². The first-order chi connectivity index (χ1) is 8.74. The summed E-state index contributed by atoms with van der Waals surface area (Å²) in [4.78, 5) is 11.5. The molecule has 0 aromatic carbocycles. The molecule has 0 aromatic rings. The van der Waals surface area contributed by atoms with E-state index < -0.39 is 0 Å². The van der Waals surface area contributed by atoms with E-state index in [1.165, 1.54) is 6.42 Å². The SMILES string of the molecule is COCCCNC(=O)CNCC1CCCCC1O. The summed E-state index contributed by atoms with van der Waals surface area (Å²) in [5.74, 6) is 0.316. The van der Waals surface area contributed by atoms with Gasteiger partial charge in [0.2, 0.25) is 5.91 Å². The van der Waals surface area contributed by atoms with Gasteiger partial charge in [0.1, 0.15) is 0 Å². The number of aliphatic hydroxyl groups excluding tert-OH is 1. The summed E-state index contributed by atoms with van der Waals surface area (Å²) in [6, 6.07) is 0. The number of amides is 1. The third-order valence-electron chi connectivity index (χ3n) is 3.41. The van der Waals surface area contributed by atoms with E-state index >= 15 is 0 Å². The molecule has 0 aromatic heterocycles. The molecule has 5 heteroatoms. The van der Waals surface area contributed by atoms with Crippen molar-refractivity contribution in [3.63, 3.8) is 0 Å². The molecule has 1 aliphatic carbocycles. The lowest BCUT2D eigenvalue weighted by molar-refractivity contribution is -0.120. The number of hydrogen-bond donors (Lipinski definition) is 3. The average Bonchev–Trinajstić information content (AvgIpc) is 2.37. The quantitative estimate of drug-likeness (QED) is 0.547. The van der Waals surface area contributed by atoms with Crippen LogP contribution in [-0.2, 0) is 9.53 Å². The number of hydrogen-bond acceptors (Lipinski definition) is 4. The molecule has 0 radical (unpaired) electrons. The van der Waals surface area contributed by atoms with Crippen molar-refractivity contribution in [2.24, 2.45) is 5.92 Å². The van der Waals surface area contributed by atoms with Gasteiger partial charge >= 0.3 is 0 Å². The first-order valence-electron chi connectivity index (χ1n) is 6.88. The van der Waals surface area contributed by atoms with Gasteiger partial charge in [-0.05, 0) is 25.2 Å².